The summed E-state index contributed by atoms with van der Waals surface area (Å²) in [5.74, 6) is 0.623. The standard InChI is InChI=1S/C15H16ClN5O/c1-20(8-10-3-5-11(16)6-4-10)9-13-18-14-12(15(22)19-13)7-17-21(14)2/h3-7H,8-9H2,1-2H3,(H,18,19,22). The number of nitrogens with zero attached hydrogens (tertiary/aromatic N) is 4. The van der Waals surface area contributed by atoms with E-state index in [0.29, 0.717) is 23.4 Å². The molecule has 0 saturated heterocycles. The number of halogens is 1. The van der Waals surface area contributed by atoms with E-state index >= 15 is 0 Å². The molecule has 114 valence electrons. The summed E-state index contributed by atoms with van der Waals surface area (Å²) in [5.41, 5.74) is 1.59. The van der Waals surface area contributed by atoms with Gasteiger partial charge in [-0.25, -0.2) is 4.98 Å². The summed E-state index contributed by atoms with van der Waals surface area (Å²) < 4.78 is 1.60. The largest absolute Gasteiger partial charge is 0.309 e. The van der Waals surface area contributed by atoms with E-state index in [1.54, 1.807) is 11.7 Å². The van der Waals surface area contributed by atoms with Crippen LogP contribution in [0.25, 0.3) is 11.0 Å². The number of hydrogen-bond acceptors (Lipinski definition) is 4. The lowest BCUT2D eigenvalue weighted by Gasteiger charge is -2.16. The third-order valence-corrected chi connectivity index (χ3v) is 3.69. The molecule has 0 atom stereocenters. The van der Waals surface area contributed by atoms with Crippen molar-refractivity contribution < 1.29 is 0 Å². The van der Waals surface area contributed by atoms with Crippen LogP contribution < -0.4 is 5.56 Å². The van der Waals surface area contributed by atoms with E-state index in [1.807, 2.05) is 31.3 Å². The molecule has 3 rings (SSSR count). The molecule has 2 aromatic heterocycles. The first-order valence-electron chi connectivity index (χ1n) is 6.87. The van der Waals surface area contributed by atoms with Gasteiger partial charge in [0, 0.05) is 18.6 Å². The lowest BCUT2D eigenvalue weighted by Crippen LogP contribution is -2.22. The van der Waals surface area contributed by atoms with Crippen LogP contribution in [0.2, 0.25) is 5.02 Å². The maximum absolute atomic E-state index is 12.0. The number of aromatic amines is 1. The van der Waals surface area contributed by atoms with Crippen molar-refractivity contribution in [1.29, 1.82) is 0 Å². The lowest BCUT2D eigenvalue weighted by atomic mass is 10.2. The monoisotopic (exact) mass is 317 g/mol. The van der Waals surface area contributed by atoms with Gasteiger partial charge in [-0.3, -0.25) is 14.4 Å². The van der Waals surface area contributed by atoms with Gasteiger partial charge in [-0.05, 0) is 24.7 Å². The van der Waals surface area contributed by atoms with E-state index in [1.165, 1.54) is 6.20 Å². The Labute approximate surface area is 132 Å². The fraction of sp³-hybridized carbons (Fsp3) is 0.267. The Morgan fingerprint density at radius 2 is 2.00 bits per heavy atom. The zero-order chi connectivity index (χ0) is 15.7. The van der Waals surface area contributed by atoms with Crippen molar-refractivity contribution in [1.82, 2.24) is 24.6 Å². The van der Waals surface area contributed by atoms with Gasteiger partial charge in [-0.2, -0.15) is 5.10 Å². The topological polar surface area (TPSA) is 66.8 Å². The van der Waals surface area contributed by atoms with Crippen molar-refractivity contribution in [3.05, 3.63) is 57.2 Å². The molecule has 0 saturated carbocycles. The van der Waals surface area contributed by atoms with Crippen LogP contribution in [0.1, 0.15) is 11.4 Å². The highest BCUT2D eigenvalue weighted by molar-refractivity contribution is 6.30. The van der Waals surface area contributed by atoms with Gasteiger partial charge in [-0.1, -0.05) is 23.7 Å². The minimum Gasteiger partial charge on any atom is -0.309 e. The number of fused-ring (bicyclic) bond motifs is 1. The summed E-state index contributed by atoms with van der Waals surface area (Å²) in [6.45, 7) is 1.28. The molecule has 0 fully saturated rings. The van der Waals surface area contributed by atoms with E-state index in [9.17, 15) is 4.79 Å². The average Bonchev–Trinajstić information content (AvgIpc) is 2.84. The van der Waals surface area contributed by atoms with Gasteiger partial charge in [0.15, 0.2) is 5.65 Å². The SMILES string of the molecule is CN(Cc1ccc(Cl)cc1)Cc1nc2c(cnn2C)c(=O)[nH]1. The summed E-state index contributed by atoms with van der Waals surface area (Å²) in [5, 5.41) is 5.29. The van der Waals surface area contributed by atoms with Crippen LogP contribution in [0, 0.1) is 0 Å². The number of aryl methyl sites for hydroxylation is 1. The molecule has 0 spiro atoms. The first-order valence-corrected chi connectivity index (χ1v) is 7.24. The molecular formula is C15H16ClN5O. The Morgan fingerprint density at radius 1 is 1.27 bits per heavy atom. The molecule has 22 heavy (non-hydrogen) atoms. The van der Waals surface area contributed by atoms with Crippen molar-refractivity contribution in [2.45, 2.75) is 13.1 Å². The summed E-state index contributed by atoms with van der Waals surface area (Å²) in [7, 11) is 3.75. The van der Waals surface area contributed by atoms with Crippen LogP contribution in [-0.2, 0) is 20.1 Å². The van der Waals surface area contributed by atoms with Crippen LogP contribution in [0.15, 0.2) is 35.3 Å². The van der Waals surface area contributed by atoms with E-state index in [0.717, 1.165) is 17.1 Å². The minimum absolute atomic E-state index is 0.159. The molecule has 3 aromatic rings. The molecule has 7 heteroatoms. The highest BCUT2D eigenvalue weighted by Gasteiger charge is 2.10. The Kier molecular flexibility index (Phi) is 3.96. The zero-order valence-corrected chi connectivity index (χ0v) is 13.1. The van der Waals surface area contributed by atoms with Crippen molar-refractivity contribution >= 4 is 22.6 Å². The first-order chi connectivity index (χ1) is 10.5. The summed E-state index contributed by atoms with van der Waals surface area (Å²) in [4.78, 5) is 21.4. The highest BCUT2D eigenvalue weighted by Crippen LogP contribution is 2.12. The van der Waals surface area contributed by atoms with Gasteiger partial charge in [0.2, 0.25) is 0 Å². The van der Waals surface area contributed by atoms with Crippen LogP contribution >= 0.6 is 11.6 Å². The number of rotatable bonds is 4. The molecule has 0 aliphatic heterocycles. The number of hydrogen-bond donors (Lipinski definition) is 1. The van der Waals surface area contributed by atoms with Crippen molar-refractivity contribution in [2.75, 3.05) is 7.05 Å². The van der Waals surface area contributed by atoms with Crippen molar-refractivity contribution in [2.24, 2.45) is 7.05 Å². The predicted octanol–water partition coefficient (Wildman–Crippen LogP) is 1.94. The Balaban J connectivity index is 1.78. The van der Waals surface area contributed by atoms with E-state index in [-0.39, 0.29) is 5.56 Å². The van der Waals surface area contributed by atoms with Crippen molar-refractivity contribution in [3.63, 3.8) is 0 Å². The minimum atomic E-state index is -0.159. The lowest BCUT2D eigenvalue weighted by molar-refractivity contribution is 0.310. The fourth-order valence-corrected chi connectivity index (χ4v) is 2.49. The van der Waals surface area contributed by atoms with E-state index < -0.39 is 0 Å². The van der Waals surface area contributed by atoms with E-state index in [4.69, 9.17) is 11.6 Å². The molecule has 2 heterocycles. The second kappa shape index (κ2) is 5.90. The zero-order valence-electron chi connectivity index (χ0n) is 12.4. The number of aromatic nitrogens is 4. The number of H-pyrrole nitrogens is 1. The van der Waals surface area contributed by atoms with Gasteiger partial charge in [0.05, 0.1) is 12.7 Å². The summed E-state index contributed by atoms with van der Waals surface area (Å²) in [6.07, 6.45) is 1.53. The Hall–Kier alpha value is -2.18. The van der Waals surface area contributed by atoms with Gasteiger partial charge in [0.1, 0.15) is 11.2 Å². The predicted molar refractivity (Wildman–Crippen MR) is 85.8 cm³/mol. The van der Waals surface area contributed by atoms with Crippen LogP contribution in [0.4, 0.5) is 0 Å². The van der Waals surface area contributed by atoms with Gasteiger partial charge < -0.3 is 4.98 Å². The van der Waals surface area contributed by atoms with Gasteiger partial charge >= 0.3 is 0 Å². The van der Waals surface area contributed by atoms with Crippen molar-refractivity contribution in [3.8, 4) is 0 Å². The Bertz CT molecular complexity index is 852. The van der Waals surface area contributed by atoms with Crippen LogP contribution in [0.5, 0.6) is 0 Å². The van der Waals surface area contributed by atoms with Crippen LogP contribution in [0.3, 0.4) is 0 Å². The van der Waals surface area contributed by atoms with Crippen LogP contribution in [-0.4, -0.2) is 31.7 Å². The highest BCUT2D eigenvalue weighted by atomic mass is 35.5. The number of nitrogens with one attached hydrogen (secondary N) is 1. The molecule has 0 aliphatic carbocycles. The van der Waals surface area contributed by atoms with Gasteiger partial charge in [0.25, 0.3) is 5.56 Å². The smallest absolute Gasteiger partial charge is 0.262 e. The molecule has 0 radical (unpaired) electrons. The molecule has 1 N–H and O–H groups in total. The second-order valence-electron chi connectivity index (χ2n) is 5.32. The third kappa shape index (κ3) is 3.03. The molecule has 0 bridgehead atoms. The molecule has 1 aromatic carbocycles. The number of benzene rings is 1. The second-order valence-corrected chi connectivity index (χ2v) is 5.75. The molecule has 0 aliphatic rings. The first kappa shape index (κ1) is 14.7. The maximum Gasteiger partial charge on any atom is 0.262 e. The molecule has 0 unspecified atom stereocenters. The maximum atomic E-state index is 12.0. The fourth-order valence-electron chi connectivity index (χ4n) is 2.37. The summed E-state index contributed by atoms with van der Waals surface area (Å²) in [6, 6.07) is 7.71. The third-order valence-electron chi connectivity index (χ3n) is 3.44. The molecule has 6 nitrogen and oxygen atoms in total. The molecule has 0 amide bonds. The quantitative estimate of drug-likeness (QED) is 0.798. The molecular weight excluding hydrogens is 302 g/mol. The Morgan fingerprint density at radius 3 is 2.73 bits per heavy atom. The van der Waals surface area contributed by atoms with E-state index in [2.05, 4.69) is 20.0 Å². The van der Waals surface area contributed by atoms with Gasteiger partial charge in [-0.15, -0.1) is 0 Å². The average molecular weight is 318 g/mol. The normalized spacial score (nSPS) is 11.5. The summed E-state index contributed by atoms with van der Waals surface area (Å²) >= 11 is 5.88.